The number of rotatable bonds is 17. The van der Waals surface area contributed by atoms with Crippen LogP contribution in [0.5, 0.6) is 0 Å². The van der Waals surface area contributed by atoms with E-state index in [4.69, 9.17) is 4.74 Å². The van der Waals surface area contributed by atoms with E-state index >= 15 is 0 Å². The Morgan fingerprint density at radius 2 is 1.56 bits per heavy atom. The molecule has 0 bridgehead atoms. The Labute approximate surface area is 169 Å². The van der Waals surface area contributed by atoms with Gasteiger partial charge in [0.15, 0.2) is 0 Å². The van der Waals surface area contributed by atoms with Crippen molar-refractivity contribution in [2.45, 2.75) is 97.8 Å². The lowest BCUT2D eigenvalue weighted by Gasteiger charge is -2.06. The summed E-state index contributed by atoms with van der Waals surface area (Å²) in [5.41, 5.74) is 2.98. The molecule has 1 heteroatoms. The van der Waals surface area contributed by atoms with E-state index in [1.54, 1.807) is 0 Å². The van der Waals surface area contributed by atoms with Crippen LogP contribution in [0.3, 0.4) is 0 Å². The highest BCUT2D eigenvalue weighted by molar-refractivity contribution is 5.24. The van der Waals surface area contributed by atoms with Gasteiger partial charge in [-0.05, 0) is 68.4 Å². The maximum atomic E-state index is 5.64. The summed E-state index contributed by atoms with van der Waals surface area (Å²) in [4.78, 5) is 0. The molecule has 0 aliphatic rings. The molecule has 0 heterocycles. The molecule has 0 amide bonds. The highest BCUT2D eigenvalue weighted by Crippen LogP contribution is 2.12. The predicted octanol–water partition coefficient (Wildman–Crippen LogP) is 7.92. The van der Waals surface area contributed by atoms with E-state index in [1.807, 2.05) is 0 Å². The van der Waals surface area contributed by atoms with Crippen molar-refractivity contribution in [2.24, 2.45) is 5.92 Å². The Morgan fingerprint density at radius 3 is 2.33 bits per heavy atom. The van der Waals surface area contributed by atoms with Crippen LogP contribution in [0, 0.1) is 5.92 Å². The number of benzene rings is 1. The Hall–Kier alpha value is -1.08. The Bertz CT molecular complexity index is 475. The molecule has 1 rings (SSSR count). The third kappa shape index (κ3) is 14.6. The second-order valence-corrected chi connectivity index (χ2v) is 8.28. The standard InChI is InChI=1S/C26H44O/c1-4-5-21-27-22-14-10-13-18-26-20-15-19-25(23-26)17-12-9-7-6-8-11-16-24(2)3/h7,9,15,19-20,23-24H,4-6,8,10-14,16-18,21-22H2,1-3H3/b9-7+. The van der Waals surface area contributed by atoms with Gasteiger partial charge in [0, 0.05) is 13.2 Å². The minimum atomic E-state index is 0.848. The first-order valence-electron chi connectivity index (χ1n) is 11.5. The molecule has 0 spiro atoms. The normalized spacial score (nSPS) is 11.7. The van der Waals surface area contributed by atoms with Crippen molar-refractivity contribution in [1.29, 1.82) is 0 Å². The molecule has 0 unspecified atom stereocenters. The summed E-state index contributed by atoms with van der Waals surface area (Å²) in [6.07, 6.45) is 19.8. The van der Waals surface area contributed by atoms with Crippen LogP contribution in [0.4, 0.5) is 0 Å². The van der Waals surface area contributed by atoms with Gasteiger partial charge in [-0.1, -0.05) is 82.9 Å². The first-order valence-corrected chi connectivity index (χ1v) is 11.5. The highest BCUT2D eigenvalue weighted by Gasteiger charge is 1.98. The first kappa shape index (κ1) is 24.0. The van der Waals surface area contributed by atoms with Gasteiger partial charge >= 0.3 is 0 Å². The lowest BCUT2D eigenvalue weighted by atomic mass is 10.0. The van der Waals surface area contributed by atoms with Gasteiger partial charge in [0.2, 0.25) is 0 Å². The fraction of sp³-hybridized carbons (Fsp3) is 0.692. The van der Waals surface area contributed by atoms with Gasteiger partial charge in [0.1, 0.15) is 0 Å². The molecule has 0 fully saturated rings. The highest BCUT2D eigenvalue weighted by atomic mass is 16.5. The first-order chi connectivity index (χ1) is 13.2. The van der Waals surface area contributed by atoms with E-state index in [0.717, 1.165) is 19.1 Å². The number of hydrogen-bond acceptors (Lipinski definition) is 1. The maximum absolute atomic E-state index is 5.64. The van der Waals surface area contributed by atoms with Gasteiger partial charge < -0.3 is 4.74 Å². The maximum Gasteiger partial charge on any atom is 0.0466 e. The molecule has 0 N–H and O–H groups in total. The number of hydrogen-bond donors (Lipinski definition) is 0. The van der Waals surface area contributed by atoms with Gasteiger partial charge in [0.25, 0.3) is 0 Å². The fourth-order valence-electron chi connectivity index (χ4n) is 3.30. The van der Waals surface area contributed by atoms with Crippen LogP contribution in [0.25, 0.3) is 0 Å². The van der Waals surface area contributed by atoms with E-state index in [0.29, 0.717) is 0 Å². The van der Waals surface area contributed by atoms with Crippen LogP contribution in [0.2, 0.25) is 0 Å². The summed E-state index contributed by atoms with van der Waals surface area (Å²) < 4.78 is 5.64. The molecule has 0 radical (unpaired) electrons. The van der Waals surface area contributed by atoms with Crippen molar-refractivity contribution in [2.75, 3.05) is 13.2 Å². The summed E-state index contributed by atoms with van der Waals surface area (Å²) in [5.74, 6) is 0.848. The number of ether oxygens (including phenoxy) is 1. The van der Waals surface area contributed by atoms with Crippen molar-refractivity contribution >= 4 is 0 Å². The molecule has 1 aromatic rings. The summed E-state index contributed by atoms with van der Waals surface area (Å²) >= 11 is 0. The second kappa shape index (κ2) is 17.0. The van der Waals surface area contributed by atoms with Crippen molar-refractivity contribution < 1.29 is 4.74 Å². The molecule has 27 heavy (non-hydrogen) atoms. The lowest BCUT2D eigenvalue weighted by molar-refractivity contribution is 0.127. The Kier molecular flexibility index (Phi) is 15.1. The van der Waals surface area contributed by atoms with Crippen molar-refractivity contribution in [3.05, 3.63) is 47.5 Å². The van der Waals surface area contributed by atoms with E-state index in [-0.39, 0.29) is 0 Å². The van der Waals surface area contributed by atoms with Gasteiger partial charge in [-0.25, -0.2) is 0 Å². The summed E-state index contributed by atoms with van der Waals surface area (Å²) in [6.45, 7) is 8.71. The predicted molar refractivity (Wildman–Crippen MR) is 120 cm³/mol. The number of unbranched alkanes of at least 4 members (excludes halogenated alkanes) is 5. The molecule has 0 aromatic heterocycles. The van der Waals surface area contributed by atoms with Crippen LogP contribution in [-0.2, 0) is 17.6 Å². The van der Waals surface area contributed by atoms with Crippen LogP contribution in [0.1, 0.15) is 96.1 Å². The van der Waals surface area contributed by atoms with Crippen LogP contribution in [0.15, 0.2) is 36.4 Å². The molecule has 1 nitrogen and oxygen atoms in total. The molecule has 0 atom stereocenters. The summed E-state index contributed by atoms with van der Waals surface area (Å²) in [7, 11) is 0. The largest absolute Gasteiger partial charge is 0.381 e. The minimum absolute atomic E-state index is 0.848. The number of allylic oxidation sites excluding steroid dienone is 2. The van der Waals surface area contributed by atoms with Crippen LogP contribution in [-0.4, -0.2) is 13.2 Å². The average Bonchev–Trinajstić information content (AvgIpc) is 2.66. The van der Waals surface area contributed by atoms with E-state index < -0.39 is 0 Å². The molecule has 0 aliphatic carbocycles. The third-order valence-electron chi connectivity index (χ3n) is 5.06. The van der Waals surface area contributed by atoms with E-state index in [1.165, 1.54) is 88.2 Å². The topological polar surface area (TPSA) is 9.23 Å². The third-order valence-corrected chi connectivity index (χ3v) is 5.06. The summed E-state index contributed by atoms with van der Waals surface area (Å²) in [6, 6.07) is 9.20. The lowest BCUT2D eigenvalue weighted by Crippen LogP contribution is -1.97. The molecule has 0 aliphatic heterocycles. The quantitative estimate of drug-likeness (QED) is 0.199. The van der Waals surface area contributed by atoms with Gasteiger partial charge in [-0.3, -0.25) is 0 Å². The van der Waals surface area contributed by atoms with Crippen LogP contribution >= 0.6 is 0 Å². The average molecular weight is 373 g/mol. The zero-order valence-corrected chi connectivity index (χ0v) is 18.3. The van der Waals surface area contributed by atoms with E-state index in [2.05, 4.69) is 57.2 Å². The fourth-order valence-corrected chi connectivity index (χ4v) is 3.30. The summed E-state index contributed by atoms with van der Waals surface area (Å²) in [5, 5.41) is 0. The monoisotopic (exact) mass is 372 g/mol. The van der Waals surface area contributed by atoms with Gasteiger partial charge in [0.05, 0.1) is 0 Å². The molecule has 0 saturated heterocycles. The van der Waals surface area contributed by atoms with Gasteiger partial charge in [-0.15, -0.1) is 0 Å². The smallest absolute Gasteiger partial charge is 0.0466 e. The SMILES string of the molecule is CCCCOCCCCCc1cccc(CC/C=C/CCCCC(C)C)c1. The minimum Gasteiger partial charge on any atom is -0.381 e. The zero-order valence-electron chi connectivity index (χ0n) is 18.3. The second-order valence-electron chi connectivity index (χ2n) is 8.28. The molecular weight excluding hydrogens is 328 g/mol. The molecule has 154 valence electrons. The van der Waals surface area contributed by atoms with Gasteiger partial charge in [-0.2, -0.15) is 0 Å². The van der Waals surface area contributed by atoms with Crippen molar-refractivity contribution in [3.8, 4) is 0 Å². The zero-order chi connectivity index (χ0) is 19.6. The Morgan fingerprint density at radius 1 is 0.815 bits per heavy atom. The molecular formula is C26H44O. The van der Waals surface area contributed by atoms with Crippen molar-refractivity contribution in [1.82, 2.24) is 0 Å². The number of aryl methyl sites for hydroxylation is 2. The molecule has 0 saturated carbocycles. The Balaban J connectivity index is 2.09. The van der Waals surface area contributed by atoms with Crippen molar-refractivity contribution in [3.63, 3.8) is 0 Å². The molecule has 1 aromatic carbocycles. The van der Waals surface area contributed by atoms with Crippen LogP contribution < -0.4 is 0 Å². The van der Waals surface area contributed by atoms with E-state index in [9.17, 15) is 0 Å².